The van der Waals surface area contributed by atoms with Crippen molar-refractivity contribution in [1.29, 1.82) is 0 Å². The fourth-order valence-electron chi connectivity index (χ4n) is 4.84. The second-order valence-electron chi connectivity index (χ2n) is 8.93. The third-order valence-electron chi connectivity index (χ3n) is 6.66. The van der Waals surface area contributed by atoms with Crippen LogP contribution in [0.25, 0.3) is 0 Å². The minimum absolute atomic E-state index is 0.0140. The third kappa shape index (κ3) is 4.30. The Balaban J connectivity index is 1.44. The molecule has 0 aliphatic carbocycles. The van der Waals surface area contributed by atoms with Gasteiger partial charge in [-0.3, -0.25) is 4.79 Å². The number of carbonyl (C=O) groups excluding carboxylic acids is 2. The second-order valence-corrected chi connectivity index (χ2v) is 10.9. The number of nitrogens with zero attached hydrogens (tertiary/aromatic N) is 4. The molecule has 31 heavy (non-hydrogen) atoms. The Bertz CT molecular complexity index is 948. The number of hydrogen-bond donors (Lipinski definition) is 0. The molecule has 0 radical (unpaired) electrons. The average molecular weight is 449 g/mol. The number of urea groups is 1. The van der Waals surface area contributed by atoms with Crippen LogP contribution in [0.5, 0.6) is 0 Å². The summed E-state index contributed by atoms with van der Waals surface area (Å²) in [7, 11) is -0.00156. The lowest BCUT2D eigenvalue weighted by molar-refractivity contribution is -0.123. The molecule has 0 atom stereocenters. The van der Waals surface area contributed by atoms with Gasteiger partial charge in [0.05, 0.1) is 4.90 Å². The van der Waals surface area contributed by atoms with Crippen molar-refractivity contribution in [2.24, 2.45) is 5.92 Å². The predicted octanol–water partition coefficient (Wildman–Crippen LogP) is 2.14. The number of likely N-dealkylation sites (tertiary alicyclic amines) is 1. The highest BCUT2D eigenvalue weighted by Gasteiger charge is 2.35. The second kappa shape index (κ2) is 8.78. The van der Waals surface area contributed by atoms with Gasteiger partial charge in [-0.1, -0.05) is 6.42 Å². The van der Waals surface area contributed by atoms with Gasteiger partial charge in [0.2, 0.25) is 15.9 Å². The monoisotopic (exact) mass is 448 g/mol. The van der Waals surface area contributed by atoms with E-state index in [1.807, 2.05) is 0 Å². The number of fused-ring (bicyclic) bond motifs is 1. The Labute approximate surface area is 184 Å². The van der Waals surface area contributed by atoms with E-state index in [-0.39, 0.29) is 17.9 Å². The fraction of sp³-hybridized carbons (Fsp3) is 0.636. The van der Waals surface area contributed by atoms with Crippen molar-refractivity contribution < 1.29 is 18.0 Å². The SMILES string of the molecule is CN(C)C(=O)N1CCC(C(=O)N2CCc3cc(S(=O)(=O)N4CCCCC4)ccc32)CC1. The summed E-state index contributed by atoms with van der Waals surface area (Å²) in [6.45, 7) is 2.92. The maximum atomic E-state index is 13.2. The van der Waals surface area contributed by atoms with Crippen molar-refractivity contribution in [3.8, 4) is 0 Å². The zero-order valence-electron chi connectivity index (χ0n) is 18.4. The van der Waals surface area contributed by atoms with Crippen molar-refractivity contribution in [2.75, 3.05) is 51.7 Å². The van der Waals surface area contributed by atoms with Crippen LogP contribution in [0.1, 0.15) is 37.7 Å². The number of amides is 3. The maximum Gasteiger partial charge on any atom is 0.319 e. The Morgan fingerprint density at radius 2 is 1.65 bits per heavy atom. The molecule has 0 aromatic heterocycles. The van der Waals surface area contributed by atoms with Crippen molar-refractivity contribution in [3.63, 3.8) is 0 Å². The molecular formula is C22H32N4O4S. The first kappa shape index (κ1) is 22.1. The number of rotatable bonds is 3. The lowest BCUT2D eigenvalue weighted by Gasteiger charge is -2.34. The van der Waals surface area contributed by atoms with E-state index in [1.165, 1.54) is 0 Å². The van der Waals surface area contributed by atoms with E-state index in [4.69, 9.17) is 0 Å². The van der Waals surface area contributed by atoms with Gasteiger partial charge in [-0.15, -0.1) is 0 Å². The van der Waals surface area contributed by atoms with Crippen LogP contribution in [0.4, 0.5) is 10.5 Å². The number of carbonyl (C=O) groups is 2. The largest absolute Gasteiger partial charge is 0.331 e. The molecule has 3 aliphatic rings. The zero-order valence-corrected chi connectivity index (χ0v) is 19.2. The quantitative estimate of drug-likeness (QED) is 0.710. The molecule has 0 saturated carbocycles. The van der Waals surface area contributed by atoms with Gasteiger partial charge >= 0.3 is 6.03 Å². The van der Waals surface area contributed by atoms with Gasteiger partial charge in [0, 0.05) is 58.4 Å². The van der Waals surface area contributed by atoms with Crippen LogP contribution in [0, 0.1) is 5.92 Å². The lowest BCUT2D eigenvalue weighted by Crippen LogP contribution is -2.47. The van der Waals surface area contributed by atoms with Gasteiger partial charge in [0.25, 0.3) is 0 Å². The lowest BCUT2D eigenvalue weighted by atomic mass is 9.95. The first-order chi connectivity index (χ1) is 14.8. The molecule has 3 aliphatic heterocycles. The molecular weight excluding hydrogens is 416 g/mol. The molecule has 0 unspecified atom stereocenters. The third-order valence-corrected chi connectivity index (χ3v) is 8.56. The van der Waals surface area contributed by atoms with Crippen LogP contribution in [0.3, 0.4) is 0 Å². The fourth-order valence-corrected chi connectivity index (χ4v) is 6.41. The zero-order chi connectivity index (χ0) is 22.2. The Hall–Kier alpha value is -2.13. The summed E-state index contributed by atoms with van der Waals surface area (Å²) in [6, 6.07) is 5.18. The molecule has 8 nitrogen and oxygen atoms in total. The predicted molar refractivity (Wildman–Crippen MR) is 118 cm³/mol. The van der Waals surface area contributed by atoms with E-state index >= 15 is 0 Å². The number of sulfonamides is 1. The first-order valence-electron chi connectivity index (χ1n) is 11.2. The highest BCUT2D eigenvalue weighted by molar-refractivity contribution is 7.89. The van der Waals surface area contributed by atoms with E-state index in [1.54, 1.807) is 51.3 Å². The summed E-state index contributed by atoms with van der Waals surface area (Å²) < 4.78 is 27.6. The van der Waals surface area contributed by atoms with E-state index in [2.05, 4.69) is 0 Å². The minimum Gasteiger partial charge on any atom is -0.331 e. The van der Waals surface area contributed by atoms with Crippen LogP contribution < -0.4 is 4.90 Å². The molecule has 170 valence electrons. The molecule has 0 N–H and O–H groups in total. The van der Waals surface area contributed by atoms with Gasteiger partial charge in [-0.05, 0) is 55.9 Å². The summed E-state index contributed by atoms with van der Waals surface area (Å²) >= 11 is 0. The van der Waals surface area contributed by atoms with Crippen LogP contribution in [0.2, 0.25) is 0 Å². The Morgan fingerprint density at radius 1 is 0.968 bits per heavy atom. The molecule has 3 amide bonds. The van der Waals surface area contributed by atoms with Crippen molar-refractivity contribution in [3.05, 3.63) is 23.8 Å². The smallest absolute Gasteiger partial charge is 0.319 e. The minimum atomic E-state index is -3.47. The summed E-state index contributed by atoms with van der Waals surface area (Å²) in [6.07, 6.45) is 4.88. The molecule has 2 saturated heterocycles. The summed E-state index contributed by atoms with van der Waals surface area (Å²) in [5, 5.41) is 0. The van der Waals surface area contributed by atoms with E-state index < -0.39 is 10.0 Å². The summed E-state index contributed by atoms with van der Waals surface area (Å²) in [4.78, 5) is 30.8. The van der Waals surface area contributed by atoms with Crippen LogP contribution in [-0.4, -0.2) is 81.3 Å². The van der Waals surface area contributed by atoms with E-state index in [0.717, 1.165) is 30.5 Å². The molecule has 4 rings (SSSR count). The van der Waals surface area contributed by atoms with E-state index in [9.17, 15) is 18.0 Å². The number of anilines is 1. The van der Waals surface area contributed by atoms with Crippen molar-refractivity contribution in [1.82, 2.24) is 14.1 Å². The van der Waals surface area contributed by atoms with Crippen molar-refractivity contribution in [2.45, 2.75) is 43.4 Å². The Morgan fingerprint density at radius 3 is 2.29 bits per heavy atom. The van der Waals surface area contributed by atoms with Gasteiger partial charge in [0.15, 0.2) is 0 Å². The topological polar surface area (TPSA) is 81.2 Å². The Kier molecular flexibility index (Phi) is 6.25. The molecule has 3 heterocycles. The van der Waals surface area contributed by atoms with Crippen LogP contribution in [-0.2, 0) is 21.2 Å². The highest BCUT2D eigenvalue weighted by Crippen LogP contribution is 2.34. The van der Waals surface area contributed by atoms with Crippen molar-refractivity contribution >= 4 is 27.6 Å². The van der Waals surface area contributed by atoms with Gasteiger partial charge < -0.3 is 14.7 Å². The summed E-state index contributed by atoms with van der Waals surface area (Å²) in [5.41, 5.74) is 1.75. The molecule has 9 heteroatoms. The van der Waals surface area contributed by atoms with Gasteiger partial charge in [-0.25, -0.2) is 13.2 Å². The van der Waals surface area contributed by atoms with Crippen LogP contribution >= 0.6 is 0 Å². The van der Waals surface area contributed by atoms with Gasteiger partial charge in [0.1, 0.15) is 0 Å². The normalized spacial score (nSPS) is 20.6. The maximum absolute atomic E-state index is 13.2. The standard InChI is InChI=1S/C22H32N4O4S/c1-23(2)22(28)24-13-8-17(9-14-24)21(27)26-15-10-18-16-19(6-7-20(18)26)31(29,30)25-11-4-3-5-12-25/h6-7,16-17H,3-5,8-15H2,1-2H3. The van der Waals surface area contributed by atoms with E-state index in [0.29, 0.717) is 56.9 Å². The first-order valence-corrected chi connectivity index (χ1v) is 12.6. The highest BCUT2D eigenvalue weighted by atomic mass is 32.2. The molecule has 1 aromatic rings. The molecule has 0 spiro atoms. The number of benzene rings is 1. The average Bonchev–Trinajstić information content (AvgIpc) is 3.22. The molecule has 0 bridgehead atoms. The van der Waals surface area contributed by atoms with Gasteiger partial charge in [-0.2, -0.15) is 4.31 Å². The molecule has 2 fully saturated rings. The summed E-state index contributed by atoms with van der Waals surface area (Å²) in [5.74, 6) is -0.0174. The number of piperidine rings is 2. The van der Waals surface area contributed by atoms with Crippen LogP contribution in [0.15, 0.2) is 23.1 Å². The molecule has 1 aromatic carbocycles. The number of hydrogen-bond acceptors (Lipinski definition) is 4.